The lowest BCUT2D eigenvalue weighted by atomic mass is 10.2. The fourth-order valence-corrected chi connectivity index (χ4v) is 3.61. The SMILES string of the molecule is O=C(CNC(=O)c1ccccn1)NC1CCS(=O)(=O)C1. The molecule has 108 valence electrons. The van der Waals surface area contributed by atoms with Crippen molar-refractivity contribution in [3.63, 3.8) is 0 Å². The lowest BCUT2D eigenvalue weighted by Crippen LogP contribution is -2.42. The Morgan fingerprint density at radius 1 is 1.35 bits per heavy atom. The molecule has 0 aromatic carbocycles. The Balaban J connectivity index is 1.77. The molecular formula is C12H15N3O4S. The first-order valence-electron chi connectivity index (χ1n) is 6.15. The Hall–Kier alpha value is -1.96. The van der Waals surface area contributed by atoms with Crippen LogP contribution < -0.4 is 10.6 Å². The Morgan fingerprint density at radius 3 is 2.75 bits per heavy atom. The second-order valence-corrected chi connectivity index (χ2v) is 6.79. The quantitative estimate of drug-likeness (QED) is 0.750. The van der Waals surface area contributed by atoms with Crippen LogP contribution >= 0.6 is 0 Å². The van der Waals surface area contributed by atoms with E-state index < -0.39 is 21.7 Å². The molecular weight excluding hydrogens is 282 g/mol. The fraction of sp³-hybridized carbons (Fsp3) is 0.417. The highest BCUT2D eigenvalue weighted by molar-refractivity contribution is 7.91. The first-order valence-corrected chi connectivity index (χ1v) is 7.97. The van der Waals surface area contributed by atoms with Crippen molar-refractivity contribution in [2.75, 3.05) is 18.1 Å². The molecule has 8 heteroatoms. The Bertz CT molecular complexity index is 600. The van der Waals surface area contributed by atoms with Gasteiger partial charge in [0.15, 0.2) is 9.84 Å². The summed E-state index contributed by atoms with van der Waals surface area (Å²) in [5, 5.41) is 5.02. The summed E-state index contributed by atoms with van der Waals surface area (Å²) in [7, 11) is -3.03. The molecule has 1 aliphatic rings. The van der Waals surface area contributed by atoms with E-state index in [1.807, 2.05) is 0 Å². The highest BCUT2D eigenvalue weighted by Gasteiger charge is 2.28. The average Bonchev–Trinajstić information content (AvgIpc) is 2.76. The summed E-state index contributed by atoms with van der Waals surface area (Å²) in [6.07, 6.45) is 1.90. The van der Waals surface area contributed by atoms with Crippen LogP contribution in [0.25, 0.3) is 0 Å². The van der Waals surface area contributed by atoms with Gasteiger partial charge in [0.25, 0.3) is 5.91 Å². The van der Waals surface area contributed by atoms with Crippen LogP contribution in [0.5, 0.6) is 0 Å². The van der Waals surface area contributed by atoms with Crippen molar-refractivity contribution in [1.82, 2.24) is 15.6 Å². The van der Waals surface area contributed by atoms with Gasteiger partial charge in [0.05, 0.1) is 18.1 Å². The molecule has 2 rings (SSSR count). The number of hydrogen-bond donors (Lipinski definition) is 2. The van der Waals surface area contributed by atoms with Crippen LogP contribution in [0.2, 0.25) is 0 Å². The van der Waals surface area contributed by atoms with E-state index in [4.69, 9.17) is 0 Å². The molecule has 1 aromatic heterocycles. The summed E-state index contributed by atoms with van der Waals surface area (Å²) in [4.78, 5) is 27.1. The van der Waals surface area contributed by atoms with Gasteiger partial charge in [0, 0.05) is 12.2 Å². The summed E-state index contributed by atoms with van der Waals surface area (Å²) in [5.74, 6) is -0.790. The number of rotatable bonds is 4. The molecule has 0 radical (unpaired) electrons. The van der Waals surface area contributed by atoms with E-state index in [-0.39, 0.29) is 29.8 Å². The van der Waals surface area contributed by atoms with Crippen LogP contribution in [-0.4, -0.2) is 49.3 Å². The molecule has 1 fully saturated rings. The molecule has 7 nitrogen and oxygen atoms in total. The van der Waals surface area contributed by atoms with Gasteiger partial charge in [0.2, 0.25) is 5.91 Å². The predicted octanol–water partition coefficient (Wildman–Crippen LogP) is -0.885. The van der Waals surface area contributed by atoms with Crippen LogP contribution in [-0.2, 0) is 14.6 Å². The van der Waals surface area contributed by atoms with E-state index in [1.165, 1.54) is 12.3 Å². The van der Waals surface area contributed by atoms with Crippen molar-refractivity contribution < 1.29 is 18.0 Å². The third-order valence-electron chi connectivity index (χ3n) is 2.90. The van der Waals surface area contributed by atoms with Gasteiger partial charge in [-0.3, -0.25) is 14.6 Å². The van der Waals surface area contributed by atoms with Gasteiger partial charge >= 0.3 is 0 Å². The molecule has 1 saturated heterocycles. The van der Waals surface area contributed by atoms with E-state index in [1.54, 1.807) is 12.1 Å². The highest BCUT2D eigenvalue weighted by atomic mass is 32.2. The summed E-state index contributed by atoms with van der Waals surface area (Å²) >= 11 is 0. The number of carbonyl (C=O) groups is 2. The van der Waals surface area contributed by atoms with E-state index in [0.717, 1.165) is 0 Å². The van der Waals surface area contributed by atoms with Crippen LogP contribution in [0.15, 0.2) is 24.4 Å². The third-order valence-corrected chi connectivity index (χ3v) is 4.67. The summed E-state index contributed by atoms with van der Waals surface area (Å²) in [5.41, 5.74) is 0.226. The minimum absolute atomic E-state index is 0.0348. The minimum Gasteiger partial charge on any atom is -0.351 e. The first-order chi connectivity index (χ1) is 9.46. The van der Waals surface area contributed by atoms with Gasteiger partial charge < -0.3 is 10.6 Å². The topological polar surface area (TPSA) is 105 Å². The van der Waals surface area contributed by atoms with Gasteiger partial charge in [-0.2, -0.15) is 0 Å². The van der Waals surface area contributed by atoms with E-state index in [9.17, 15) is 18.0 Å². The maximum absolute atomic E-state index is 11.6. The smallest absolute Gasteiger partial charge is 0.270 e. The van der Waals surface area contributed by atoms with E-state index >= 15 is 0 Å². The number of pyridine rings is 1. The molecule has 1 aromatic rings. The molecule has 2 N–H and O–H groups in total. The molecule has 2 amide bonds. The molecule has 20 heavy (non-hydrogen) atoms. The number of amides is 2. The van der Waals surface area contributed by atoms with Crippen molar-refractivity contribution in [3.8, 4) is 0 Å². The highest BCUT2D eigenvalue weighted by Crippen LogP contribution is 2.10. The zero-order valence-corrected chi connectivity index (χ0v) is 11.5. The van der Waals surface area contributed by atoms with Crippen molar-refractivity contribution in [2.45, 2.75) is 12.5 Å². The number of aromatic nitrogens is 1. The second kappa shape index (κ2) is 6.00. The standard InChI is InChI=1S/C12H15N3O4S/c16-11(15-9-4-6-20(18,19)8-9)7-14-12(17)10-3-1-2-5-13-10/h1-3,5,9H,4,6-8H2,(H,14,17)(H,15,16). The maximum Gasteiger partial charge on any atom is 0.270 e. The van der Waals surface area contributed by atoms with Gasteiger partial charge in [-0.05, 0) is 18.6 Å². The maximum atomic E-state index is 11.6. The fourth-order valence-electron chi connectivity index (χ4n) is 1.94. The summed E-state index contributed by atoms with van der Waals surface area (Å²) in [6, 6.07) is 4.53. The normalized spacial score (nSPS) is 20.3. The van der Waals surface area contributed by atoms with Crippen LogP contribution in [0.3, 0.4) is 0 Å². The molecule has 1 aliphatic heterocycles. The zero-order chi connectivity index (χ0) is 14.6. The number of hydrogen-bond acceptors (Lipinski definition) is 5. The number of nitrogens with one attached hydrogen (secondary N) is 2. The van der Waals surface area contributed by atoms with Gasteiger partial charge in [-0.15, -0.1) is 0 Å². The molecule has 1 unspecified atom stereocenters. The number of nitrogens with zero attached hydrogens (tertiary/aromatic N) is 1. The van der Waals surface area contributed by atoms with Crippen molar-refractivity contribution in [1.29, 1.82) is 0 Å². The van der Waals surface area contributed by atoms with E-state index in [2.05, 4.69) is 15.6 Å². The molecule has 0 spiro atoms. The van der Waals surface area contributed by atoms with Crippen LogP contribution in [0.1, 0.15) is 16.9 Å². The molecule has 0 saturated carbocycles. The molecule has 0 aliphatic carbocycles. The van der Waals surface area contributed by atoms with Gasteiger partial charge in [-0.1, -0.05) is 6.07 Å². The predicted molar refractivity (Wildman–Crippen MR) is 71.8 cm³/mol. The largest absolute Gasteiger partial charge is 0.351 e. The monoisotopic (exact) mass is 297 g/mol. The third kappa shape index (κ3) is 4.02. The van der Waals surface area contributed by atoms with Crippen LogP contribution in [0.4, 0.5) is 0 Å². The van der Waals surface area contributed by atoms with Crippen molar-refractivity contribution in [2.24, 2.45) is 0 Å². The van der Waals surface area contributed by atoms with Crippen molar-refractivity contribution >= 4 is 21.7 Å². The average molecular weight is 297 g/mol. The first kappa shape index (κ1) is 14.4. The lowest BCUT2D eigenvalue weighted by molar-refractivity contribution is -0.120. The molecule has 1 atom stereocenters. The van der Waals surface area contributed by atoms with Gasteiger partial charge in [-0.25, -0.2) is 8.42 Å². The molecule has 0 bridgehead atoms. The van der Waals surface area contributed by atoms with Crippen LogP contribution in [0, 0.1) is 0 Å². The van der Waals surface area contributed by atoms with Crippen molar-refractivity contribution in [3.05, 3.63) is 30.1 Å². The summed E-state index contributed by atoms with van der Waals surface area (Å²) in [6.45, 7) is -0.202. The zero-order valence-electron chi connectivity index (χ0n) is 10.7. The minimum atomic E-state index is -3.03. The van der Waals surface area contributed by atoms with Gasteiger partial charge in [0.1, 0.15) is 5.69 Å². The lowest BCUT2D eigenvalue weighted by Gasteiger charge is -2.11. The summed E-state index contributed by atoms with van der Waals surface area (Å²) < 4.78 is 22.5. The second-order valence-electron chi connectivity index (χ2n) is 4.57. The number of sulfone groups is 1. The Labute approximate surface area is 116 Å². The molecule has 2 heterocycles. The van der Waals surface area contributed by atoms with E-state index in [0.29, 0.717) is 6.42 Å². The Kier molecular flexibility index (Phi) is 4.33. The number of carbonyl (C=O) groups excluding carboxylic acids is 2. The Morgan fingerprint density at radius 2 is 2.15 bits per heavy atom.